The number of aromatic nitrogens is 2. The van der Waals surface area contributed by atoms with E-state index < -0.39 is 0 Å². The molecular weight excluding hydrogens is 328 g/mol. The molecular formula is C20H22N4O2. The van der Waals surface area contributed by atoms with Crippen LogP contribution in [0.1, 0.15) is 11.9 Å². The van der Waals surface area contributed by atoms with Gasteiger partial charge < -0.3 is 19.5 Å². The number of benzene rings is 2. The van der Waals surface area contributed by atoms with Gasteiger partial charge in [-0.2, -0.15) is 0 Å². The van der Waals surface area contributed by atoms with Crippen molar-refractivity contribution in [2.45, 2.75) is 6.04 Å². The fourth-order valence-electron chi connectivity index (χ4n) is 3.48. The molecule has 1 aliphatic heterocycles. The number of amides is 1. The second-order valence-electron chi connectivity index (χ2n) is 6.47. The third-order valence-electron chi connectivity index (χ3n) is 4.82. The Morgan fingerprint density at radius 1 is 1.27 bits per heavy atom. The Balaban J connectivity index is 1.50. The van der Waals surface area contributed by atoms with Gasteiger partial charge in [-0.1, -0.05) is 36.4 Å². The molecule has 1 aliphatic rings. The topological polar surface area (TPSA) is 59.4 Å². The van der Waals surface area contributed by atoms with E-state index in [4.69, 9.17) is 4.74 Å². The highest BCUT2D eigenvalue weighted by Crippen LogP contribution is 2.26. The molecule has 26 heavy (non-hydrogen) atoms. The molecule has 1 fully saturated rings. The fourth-order valence-corrected chi connectivity index (χ4v) is 3.48. The first-order valence-corrected chi connectivity index (χ1v) is 8.82. The van der Waals surface area contributed by atoms with E-state index in [9.17, 15) is 4.79 Å². The molecule has 6 heteroatoms. The van der Waals surface area contributed by atoms with Gasteiger partial charge in [0.2, 0.25) is 0 Å². The van der Waals surface area contributed by atoms with Gasteiger partial charge in [0.05, 0.1) is 0 Å². The summed E-state index contributed by atoms with van der Waals surface area (Å²) >= 11 is 0. The molecule has 1 atom stereocenters. The number of nitrogens with one attached hydrogen (secondary N) is 1. The third kappa shape index (κ3) is 3.15. The van der Waals surface area contributed by atoms with Crippen molar-refractivity contribution in [2.75, 3.05) is 26.2 Å². The molecule has 0 spiro atoms. The first-order chi connectivity index (χ1) is 12.7. The first-order valence-electron chi connectivity index (χ1n) is 8.82. The van der Waals surface area contributed by atoms with Crippen molar-refractivity contribution in [1.29, 1.82) is 0 Å². The quantitative estimate of drug-likeness (QED) is 0.783. The molecule has 1 N–H and O–H groups in total. The van der Waals surface area contributed by atoms with E-state index in [2.05, 4.69) is 10.3 Å². The molecule has 1 unspecified atom stereocenters. The highest BCUT2D eigenvalue weighted by atomic mass is 16.5. The molecule has 0 saturated carbocycles. The minimum atomic E-state index is -0.0765. The Hall–Kier alpha value is -2.86. The van der Waals surface area contributed by atoms with E-state index >= 15 is 0 Å². The fraction of sp³-hybridized carbons (Fsp3) is 0.300. The normalized spacial score (nSPS) is 17.4. The number of nitrogens with zero attached hydrogens (tertiary/aromatic N) is 3. The molecule has 3 aromatic rings. The van der Waals surface area contributed by atoms with Gasteiger partial charge in [0.1, 0.15) is 17.6 Å². The maximum atomic E-state index is 12.9. The summed E-state index contributed by atoms with van der Waals surface area (Å²) in [5.74, 6) is 1.60. The standard InChI is InChI=1S/C20H22N4O2/c1-23-11-10-22-20(23)17-13-21-9-12-24(17)19(25)14-26-18-8-4-6-15-5-2-3-7-16(15)18/h2-8,10-11,17,21H,9,12-14H2,1H3. The van der Waals surface area contributed by atoms with Crippen LogP contribution in [-0.4, -0.2) is 46.6 Å². The largest absolute Gasteiger partial charge is 0.483 e. The number of hydrogen-bond acceptors (Lipinski definition) is 4. The summed E-state index contributed by atoms with van der Waals surface area (Å²) in [7, 11) is 1.95. The van der Waals surface area contributed by atoms with Crippen molar-refractivity contribution in [3.05, 3.63) is 60.7 Å². The predicted molar refractivity (Wildman–Crippen MR) is 100.0 cm³/mol. The number of piperazine rings is 1. The summed E-state index contributed by atoms with van der Waals surface area (Å²) in [4.78, 5) is 19.1. The summed E-state index contributed by atoms with van der Waals surface area (Å²) in [6.45, 7) is 2.15. The van der Waals surface area contributed by atoms with Gasteiger partial charge in [0, 0.05) is 44.5 Å². The molecule has 0 aliphatic carbocycles. The number of carbonyl (C=O) groups is 1. The van der Waals surface area contributed by atoms with Gasteiger partial charge >= 0.3 is 0 Å². The van der Waals surface area contributed by atoms with Crippen LogP contribution >= 0.6 is 0 Å². The van der Waals surface area contributed by atoms with Gasteiger partial charge in [0.15, 0.2) is 6.61 Å². The number of rotatable bonds is 4. The Morgan fingerprint density at radius 3 is 2.96 bits per heavy atom. The van der Waals surface area contributed by atoms with Gasteiger partial charge in [-0.25, -0.2) is 4.98 Å². The van der Waals surface area contributed by atoms with Crippen LogP contribution in [0, 0.1) is 0 Å². The van der Waals surface area contributed by atoms with Crippen molar-refractivity contribution in [3.8, 4) is 5.75 Å². The maximum absolute atomic E-state index is 12.9. The van der Waals surface area contributed by atoms with Crippen LogP contribution in [0.5, 0.6) is 5.75 Å². The molecule has 4 rings (SSSR count). The summed E-state index contributed by atoms with van der Waals surface area (Å²) in [6.07, 6.45) is 3.67. The number of hydrogen-bond donors (Lipinski definition) is 1. The summed E-state index contributed by atoms with van der Waals surface area (Å²) < 4.78 is 7.85. The zero-order valence-corrected chi connectivity index (χ0v) is 14.8. The Kier molecular flexibility index (Phi) is 4.58. The number of ether oxygens (including phenoxy) is 1. The van der Waals surface area contributed by atoms with Crippen LogP contribution in [0.15, 0.2) is 54.9 Å². The van der Waals surface area contributed by atoms with Crippen LogP contribution < -0.4 is 10.1 Å². The van der Waals surface area contributed by atoms with Crippen molar-refractivity contribution in [2.24, 2.45) is 7.05 Å². The van der Waals surface area contributed by atoms with E-state index in [1.165, 1.54) is 0 Å². The second-order valence-corrected chi connectivity index (χ2v) is 6.47. The molecule has 134 valence electrons. The monoisotopic (exact) mass is 350 g/mol. The zero-order chi connectivity index (χ0) is 17.9. The molecule has 2 heterocycles. The molecule has 1 amide bonds. The summed E-state index contributed by atoms with van der Waals surface area (Å²) in [6, 6.07) is 13.8. The van der Waals surface area contributed by atoms with Gasteiger partial charge in [-0.05, 0) is 11.5 Å². The van der Waals surface area contributed by atoms with Crippen LogP contribution in [0.3, 0.4) is 0 Å². The second kappa shape index (κ2) is 7.17. The Bertz CT molecular complexity index is 916. The van der Waals surface area contributed by atoms with Gasteiger partial charge in [-0.15, -0.1) is 0 Å². The van der Waals surface area contributed by atoms with Crippen LogP contribution in [0.25, 0.3) is 10.8 Å². The summed E-state index contributed by atoms with van der Waals surface area (Å²) in [5.41, 5.74) is 0. The van der Waals surface area contributed by atoms with Crippen molar-refractivity contribution in [1.82, 2.24) is 19.8 Å². The molecule has 6 nitrogen and oxygen atoms in total. The average Bonchev–Trinajstić information content (AvgIpc) is 3.12. The van der Waals surface area contributed by atoms with E-state index in [-0.39, 0.29) is 18.6 Å². The maximum Gasteiger partial charge on any atom is 0.261 e. The zero-order valence-electron chi connectivity index (χ0n) is 14.8. The van der Waals surface area contributed by atoms with Crippen LogP contribution in [0.2, 0.25) is 0 Å². The number of imidazole rings is 1. The summed E-state index contributed by atoms with van der Waals surface area (Å²) in [5, 5.41) is 5.46. The van der Waals surface area contributed by atoms with Crippen molar-refractivity contribution in [3.63, 3.8) is 0 Å². The van der Waals surface area contributed by atoms with E-state index in [1.807, 2.05) is 65.2 Å². The minimum Gasteiger partial charge on any atom is -0.483 e. The SMILES string of the molecule is Cn1ccnc1C1CNCCN1C(=O)COc1cccc2ccccc12. The Labute approximate surface area is 152 Å². The van der Waals surface area contributed by atoms with Crippen LogP contribution in [0.4, 0.5) is 0 Å². The Morgan fingerprint density at radius 2 is 2.12 bits per heavy atom. The van der Waals surface area contributed by atoms with Gasteiger partial charge in [0.25, 0.3) is 5.91 Å². The third-order valence-corrected chi connectivity index (χ3v) is 4.82. The lowest BCUT2D eigenvalue weighted by Crippen LogP contribution is -2.50. The number of carbonyl (C=O) groups excluding carboxylic acids is 1. The number of fused-ring (bicyclic) bond motifs is 1. The number of aryl methyl sites for hydroxylation is 1. The lowest BCUT2D eigenvalue weighted by atomic mass is 10.1. The van der Waals surface area contributed by atoms with Gasteiger partial charge in [-0.3, -0.25) is 4.79 Å². The van der Waals surface area contributed by atoms with Crippen molar-refractivity contribution < 1.29 is 9.53 Å². The molecule has 2 aromatic carbocycles. The van der Waals surface area contributed by atoms with E-state index in [0.29, 0.717) is 13.1 Å². The van der Waals surface area contributed by atoms with Crippen molar-refractivity contribution >= 4 is 16.7 Å². The predicted octanol–water partition coefficient (Wildman–Crippen LogP) is 2.13. The van der Waals surface area contributed by atoms with E-state index in [1.54, 1.807) is 6.20 Å². The first kappa shape index (κ1) is 16.6. The molecule has 1 saturated heterocycles. The smallest absolute Gasteiger partial charge is 0.261 e. The lowest BCUT2D eigenvalue weighted by molar-refractivity contribution is -0.137. The molecule has 0 bridgehead atoms. The highest BCUT2D eigenvalue weighted by Gasteiger charge is 2.30. The highest BCUT2D eigenvalue weighted by molar-refractivity contribution is 5.88. The average molecular weight is 350 g/mol. The van der Waals surface area contributed by atoms with Crippen LogP contribution in [-0.2, 0) is 11.8 Å². The molecule has 1 aromatic heterocycles. The minimum absolute atomic E-state index is 0.0209. The molecule has 0 radical (unpaired) electrons. The lowest BCUT2D eigenvalue weighted by Gasteiger charge is -2.35. The van der Waals surface area contributed by atoms with E-state index in [0.717, 1.165) is 28.9 Å².